The average molecular weight is 476 g/mol. The van der Waals surface area contributed by atoms with Crippen molar-refractivity contribution in [2.24, 2.45) is 0 Å². The van der Waals surface area contributed by atoms with Crippen LogP contribution in [0.5, 0.6) is 17.5 Å². The molecular weight excluding hydrogens is 459 g/mol. The lowest BCUT2D eigenvalue weighted by molar-refractivity contribution is 0.114. The Hall–Kier alpha value is -3.98. The maximum Gasteiger partial charge on any atom is 0.416 e. The number of nitrogens with one attached hydrogen (secondary N) is 2. The molecule has 0 saturated carbocycles. The molecule has 1 unspecified atom stereocenters. The van der Waals surface area contributed by atoms with Crippen LogP contribution in [0.4, 0.5) is 15.0 Å². The number of hydrogen-bond acceptors (Lipinski definition) is 10. The van der Waals surface area contributed by atoms with E-state index in [1.807, 2.05) is 9.44 Å². The molecular formula is C18H17FN8O5S. The SMILES string of the molecule is CNS(=O)(=O)Nc1nccc(CN2C(=O)Oc3cc(Oc4nccnn4)cnc3C2C)c1F. The number of hydrogen-bond donors (Lipinski definition) is 2. The van der Waals surface area contributed by atoms with Crippen molar-refractivity contribution in [2.45, 2.75) is 19.5 Å². The fourth-order valence-corrected chi connectivity index (χ4v) is 3.47. The van der Waals surface area contributed by atoms with Gasteiger partial charge in [0.25, 0.3) is 10.2 Å². The third-order valence-corrected chi connectivity index (χ3v) is 5.63. The Morgan fingerprint density at radius 2 is 2.06 bits per heavy atom. The summed E-state index contributed by atoms with van der Waals surface area (Å²) in [5.41, 5.74) is 0.444. The van der Waals surface area contributed by atoms with Crippen molar-refractivity contribution in [3.05, 3.63) is 54.0 Å². The summed E-state index contributed by atoms with van der Waals surface area (Å²) >= 11 is 0. The van der Waals surface area contributed by atoms with Gasteiger partial charge < -0.3 is 9.47 Å². The van der Waals surface area contributed by atoms with Crippen LogP contribution in [0.1, 0.15) is 24.2 Å². The molecule has 13 nitrogen and oxygen atoms in total. The van der Waals surface area contributed by atoms with Crippen molar-refractivity contribution in [3.63, 3.8) is 0 Å². The Bertz CT molecular complexity index is 1290. The number of nitrogens with zero attached hydrogens (tertiary/aromatic N) is 6. The Balaban J connectivity index is 1.55. The second kappa shape index (κ2) is 8.87. The normalized spacial score (nSPS) is 15.5. The molecule has 1 atom stereocenters. The standard InChI is InChI=1S/C18H17FN8O5S/c1-10-15-13(7-12(8-23-15)31-17-22-5-6-24-25-17)32-18(28)27(10)9-11-3-4-21-16(14(11)19)26-33(29,30)20-2/h3-8,10,20H,9H2,1-2H3,(H,21,26). The minimum absolute atomic E-state index is 0.00563. The first-order chi connectivity index (χ1) is 15.8. The zero-order valence-corrected chi connectivity index (χ0v) is 18.1. The molecule has 0 saturated heterocycles. The van der Waals surface area contributed by atoms with E-state index in [-0.39, 0.29) is 29.6 Å². The molecule has 0 spiro atoms. The van der Waals surface area contributed by atoms with E-state index in [0.717, 1.165) is 0 Å². The maximum atomic E-state index is 14.9. The third-order valence-electron chi connectivity index (χ3n) is 4.63. The summed E-state index contributed by atoms with van der Waals surface area (Å²) < 4.78 is 53.0. The number of rotatable bonds is 7. The molecule has 0 aromatic carbocycles. The summed E-state index contributed by atoms with van der Waals surface area (Å²) in [5.74, 6) is -1.02. The average Bonchev–Trinajstić information content (AvgIpc) is 2.79. The summed E-state index contributed by atoms with van der Waals surface area (Å²) in [4.78, 5) is 25.8. The first kappa shape index (κ1) is 22.2. The van der Waals surface area contributed by atoms with Gasteiger partial charge in [-0.3, -0.25) is 14.6 Å². The van der Waals surface area contributed by atoms with Gasteiger partial charge in [-0.1, -0.05) is 5.10 Å². The van der Waals surface area contributed by atoms with Crippen LogP contribution in [0, 0.1) is 5.82 Å². The number of carbonyl (C=O) groups is 1. The van der Waals surface area contributed by atoms with E-state index in [9.17, 15) is 17.6 Å². The predicted octanol–water partition coefficient (Wildman–Crippen LogP) is 1.54. The largest absolute Gasteiger partial charge is 0.421 e. The van der Waals surface area contributed by atoms with Crippen molar-refractivity contribution in [2.75, 3.05) is 11.8 Å². The van der Waals surface area contributed by atoms with Gasteiger partial charge in [0.05, 0.1) is 31.2 Å². The first-order valence-corrected chi connectivity index (χ1v) is 10.9. The smallest absolute Gasteiger partial charge is 0.416 e. The second-order valence-electron chi connectivity index (χ2n) is 6.70. The number of fused-ring (bicyclic) bond motifs is 1. The van der Waals surface area contributed by atoms with Crippen LogP contribution in [0.2, 0.25) is 0 Å². The molecule has 15 heteroatoms. The van der Waals surface area contributed by atoms with E-state index in [1.54, 1.807) is 6.92 Å². The summed E-state index contributed by atoms with van der Waals surface area (Å²) in [6.45, 7) is 1.48. The highest BCUT2D eigenvalue weighted by atomic mass is 32.2. The van der Waals surface area contributed by atoms with Crippen molar-refractivity contribution in [1.82, 2.24) is 34.8 Å². The van der Waals surface area contributed by atoms with E-state index in [0.29, 0.717) is 5.69 Å². The Kier molecular flexibility index (Phi) is 5.97. The molecule has 1 aliphatic heterocycles. The van der Waals surface area contributed by atoms with Gasteiger partial charge in [0.1, 0.15) is 5.69 Å². The first-order valence-electron chi connectivity index (χ1n) is 9.42. The number of halogens is 1. The molecule has 1 amide bonds. The molecule has 172 valence electrons. The summed E-state index contributed by atoms with van der Waals surface area (Å²) in [6.07, 6.45) is 4.67. The molecule has 0 bridgehead atoms. The van der Waals surface area contributed by atoms with Crippen LogP contribution in [-0.4, -0.2) is 51.6 Å². The van der Waals surface area contributed by atoms with Gasteiger partial charge in [-0.05, 0) is 13.0 Å². The molecule has 0 radical (unpaired) electrons. The lowest BCUT2D eigenvalue weighted by Gasteiger charge is -2.33. The predicted molar refractivity (Wildman–Crippen MR) is 110 cm³/mol. The number of ether oxygens (including phenoxy) is 2. The summed E-state index contributed by atoms with van der Waals surface area (Å²) in [5, 5.41) is 7.36. The number of anilines is 1. The van der Waals surface area contributed by atoms with Gasteiger partial charge in [0.2, 0.25) is 0 Å². The quantitative estimate of drug-likeness (QED) is 0.512. The summed E-state index contributed by atoms with van der Waals surface area (Å²) in [6, 6.07) is 2.20. The number of aromatic nitrogens is 5. The fraction of sp³-hybridized carbons (Fsp3) is 0.222. The topological polar surface area (TPSA) is 161 Å². The van der Waals surface area contributed by atoms with Crippen molar-refractivity contribution in [1.29, 1.82) is 0 Å². The highest BCUT2D eigenvalue weighted by Crippen LogP contribution is 2.37. The molecule has 3 aromatic heterocycles. The van der Waals surface area contributed by atoms with Gasteiger partial charge in [-0.2, -0.15) is 13.5 Å². The molecule has 0 fully saturated rings. The molecule has 2 N–H and O–H groups in total. The van der Waals surface area contributed by atoms with Crippen LogP contribution >= 0.6 is 0 Å². The van der Waals surface area contributed by atoms with Gasteiger partial charge in [-0.15, -0.1) is 0 Å². The van der Waals surface area contributed by atoms with Gasteiger partial charge in [0.15, 0.2) is 23.1 Å². The van der Waals surface area contributed by atoms with Gasteiger partial charge in [0, 0.05) is 24.9 Å². The second-order valence-corrected chi connectivity index (χ2v) is 8.32. The van der Waals surface area contributed by atoms with Crippen LogP contribution < -0.4 is 18.9 Å². The zero-order chi connectivity index (χ0) is 23.6. The van der Waals surface area contributed by atoms with Crippen LogP contribution in [0.25, 0.3) is 0 Å². The van der Waals surface area contributed by atoms with E-state index >= 15 is 0 Å². The Morgan fingerprint density at radius 3 is 2.79 bits per heavy atom. The zero-order valence-electron chi connectivity index (χ0n) is 17.3. The van der Waals surface area contributed by atoms with Crippen molar-refractivity contribution in [3.8, 4) is 17.5 Å². The lowest BCUT2D eigenvalue weighted by atomic mass is 10.1. The number of pyridine rings is 2. The van der Waals surface area contributed by atoms with E-state index in [4.69, 9.17) is 9.47 Å². The molecule has 1 aliphatic rings. The van der Waals surface area contributed by atoms with E-state index in [1.165, 1.54) is 48.9 Å². The molecule has 0 aliphatic carbocycles. The number of carbonyl (C=O) groups excluding carboxylic acids is 1. The fourth-order valence-electron chi connectivity index (χ4n) is 2.97. The highest BCUT2D eigenvalue weighted by Gasteiger charge is 2.34. The van der Waals surface area contributed by atoms with E-state index < -0.39 is 34.0 Å². The Morgan fingerprint density at radius 1 is 1.24 bits per heavy atom. The maximum absolute atomic E-state index is 14.9. The van der Waals surface area contributed by atoms with Crippen LogP contribution in [0.15, 0.2) is 36.9 Å². The summed E-state index contributed by atoms with van der Waals surface area (Å²) in [7, 11) is -2.81. The van der Waals surface area contributed by atoms with Crippen LogP contribution in [0.3, 0.4) is 0 Å². The number of amides is 1. The Labute approximate surface area is 187 Å². The van der Waals surface area contributed by atoms with Crippen molar-refractivity contribution >= 4 is 22.1 Å². The van der Waals surface area contributed by atoms with Gasteiger partial charge >= 0.3 is 12.1 Å². The monoisotopic (exact) mass is 476 g/mol. The molecule has 4 heterocycles. The molecule has 4 rings (SSSR count). The lowest BCUT2D eigenvalue weighted by Crippen LogP contribution is -2.40. The molecule has 3 aromatic rings. The van der Waals surface area contributed by atoms with Crippen LogP contribution in [-0.2, 0) is 16.8 Å². The minimum atomic E-state index is -3.98. The minimum Gasteiger partial charge on any atom is -0.421 e. The van der Waals surface area contributed by atoms with E-state index in [2.05, 4.69) is 25.1 Å². The van der Waals surface area contributed by atoms with Gasteiger partial charge in [-0.25, -0.2) is 23.9 Å². The molecule has 33 heavy (non-hydrogen) atoms. The third kappa shape index (κ3) is 4.78. The highest BCUT2D eigenvalue weighted by molar-refractivity contribution is 7.90. The van der Waals surface area contributed by atoms with Crippen molar-refractivity contribution < 1.29 is 27.1 Å².